The first kappa shape index (κ1) is 18.5. The number of nitrogens with zero attached hydrogens (tertiary/aromatic N) is 2. The van der Waals surface area contributed by atoms with E-state index in [1.807, 2.05) is 78.9 Å². The van der Waals surface area contributed by atoms with E-state index >= 15 is 0 Å². The standard InChI is InChI=1S/C24H20N2O3/c1-28-20-14-12-19(13-15-20)26-23(17-8-4-3-5-9-17)25-21(24(26)27)16-18-10-6-7-11-22(18)29-2/h3-16H,1-2H3/b21-16-. The molecule has 4 rings (SSSR count). The maximum Gasteiger partial charge on any atom is 0.282 e. The van der Waals surface area contributed by atoms with E-state index in [1.54, 1.807) is 25.2 Å². The lowest BCUT2D eigenvalue weighted by Crippen LogP contribution is -2.32. The van der Waals surface area contributed by atoms with Crippen molar-refractivity contribution in [3.63, 3.8) is 0 Å². The molecule has 0 atom stereocenters. The van der Waals surface area contributed by atoms with Crippen molar-refractivity contribution in [1.29, 1.82) is 0 Å². The van der Waals surface area contributed by atoms with Gasteiger partial charge in [0, 0.05) is 11.1 Å². The van der Waals surface area contributed by atoms with Gasteiger partial charge in [0.2, 0.25) is 0 Å². The molecule has 0 spiro atoms. The van der Waals surface area contributed by atoms with Gasteiger partial charge in [0.05, 0.1) is 19.9 Å². The first-order chi connectivity index (χ1) is 14.2. The number of carbonyl (C=O) groups excluding carboxylic acids is 1. The predicted molar refractivity (Wildman–Crippen MR) is 114 cm³/mol. The normalized spacial score (nSPS) is 14.8. The van der Waals surface area contributed by atoms with Crippen LogP contribution in [-0.2, 0) is 4.79 Å². The lowest BCUT2D eigenvalue weighted by Gasteiger charge is -2.18. The number of amides is 1. The molecule has 1 amide bonds. The number of benzene rings is 3. The summed E-state index contributed by atoms with van der Waals surface area (Å²) in [4.78, 5) is 19.6. The zero-order valence-electron chi connectivity index (χ0n) is 16.2. The first-order valence-electron chi connectivity index (χ1n) is 9.18. The number of aliphatic imine (C=N–C) groups is 1. The highest BCUT2D eigenvalue weighted by Gasteiger charge is 2.32. The molecular formula is C24H20N2O3. The van der Waals surface area contributed by atoms with Crippen LogP contribution in [-0.4, -0.2) is 26.0 Å². The third kappa shape index (κ3) is 3.62. The second-order valence-electron chi connectivity index (χ2n) is 6.41. The third-order valence-corrected chi connectivity index (χ3v) is 4.65. The molecular weight excluding hydrogens is 364 g/mol. The summed E-state index contributed by atoms with van der Waals surface area (Å²) < 4.78 is 10.6. The quantitative estimate of drug-likeness (QED) is 0.607. The van der Waals surface area contributed by atoms with E-state index in [1.165, 1.54) is 0 Å². The van der Waals surface area contributed by atoms with Crippen LogP contribution in [0.15, 0.2) is 89.6 Å². The summed E-state index contributed by atoms with van der Waals surface area (Å²) in [6.07, 6.45) is 1.76. The summed E-state index contributed by atoms with van der Waals surface area (Å²) in [6, 6.07) is 24.6. The van der Waals surface area contributed by atoms with Crippen molar-refractivity contribution in [2.24, 2.45) is 4.99 Å². The summed E-state index contributed by atoms with van der Waals surface area (Å²) in [6.45, 7) is 0. The fourth-order valence-corrected chi connectivity index (χ4v) is 3.20. The highest BCUT2D eigenvalue weighted by molar-refractivity contribution is 6.33. The molecule has 3 aromatic carbocycles. The molecule has 144 valence electrons. The SMILES string of the molecule is COc1ccc(N2C(=O)/C(=C/c3ccccc3OC)N=C2c2ccccc2)cc1. The van der Waals surface area contributed by atoms with Gasteiger partial charge in [-0.2, -0.15) is 0 Å². The van der Waals surface area contributed by atoms with E-state index in [9.17, 15) is 4.79 Å². The van der Waals surface area contributed by atoms with Crippen molar-refractivity contribution in [1.82, 2.24) is 0 Å². The van der Waals surface area contributed by atoms with Gasteiger partial charge in [-0.25, -0.2) is 4.99 Å². The predicted octanol–water partition coefficient (Wildman–Crippen LogP) is 4.54. The molecule has 3 aromatic rings. The van der Waals surface area contributed by atoms with Gasteiger partial charge in [-0.05, 0) is 36.4 Å². The molecule has 29 heavy (non-hydrogen) atoms. The largest absolute Gasteiger partial charge is 0.497 e. The third-order valence-electron chi connectivity index (χ3n) is 4.65. The van der Waals surface area contributed by atoms with Gasteiger partial charge in [0.1, 0.15) is 23.0 Å². The Morgan fingerprint density at radius 3 is 2.21 bits per heavy atom. The van der Waals surface area contributed by atoms with Crippen LogP contribution in [0.25, 0.3) is 6.08 Å². The highest BCUT2D eigenvalue weighted by atomic mass is 16.5. The van der Waals surface area contributed by atoms with Crippen LogP contribution in [0, 0.1) is 0 Å². The van der Waals surface area contributed by atoms with Crippen LogP contribution in [0.1, 0.15) is 11.1 Å². The molecule has 0 saturated heterocycles. The van der Waals surface area contributed by atoms with Crippen LogP contribution in [0.2, 0.25) is 0 Å². The summed E-state index contributed by atoms with van der Waals surface area (Å²) in [5, 5.41) is 0. The Labute approximate surface area is 169 Å². The number of anilines is 1. The number of para-hydroxylation sites is 1. The monoisotopic (exact) mass is 384 g/mol. The molecule has 0 radical (unpaired) electrons. The van der Waals surface area contributed by atoms with E-state index in [0.717, 1.165) is 22.6 Å². The molecule has 0 fully saturated rings. The molecule has 1 aliphatic heterocycles. The van der Waals surface area contributed by atoms with Gasteiger partial charge in [-0.15, -0.1) is 0 Å². The molecule has 0 bridgehead atoms. The second-order valence-corrected chi connectivity index (χ2v) is 6.41. The average molecular weight is 384 g/mol. The average Bonchev–Trinajstić information content (AvgIpc) is 3.11. The second kappa shape index (κ2) is 8.02. The molecule has 5 heteroatoms. The van der Waals surface area contributed by atoms with E-state index in [4.69, 9.17) is 9.47 Å². The lowest BCUT2D eigenvalue weighted by atomic mass is 10.1. The molecule has 0 unspecified atom stereocenters. The first-order valence-corrected chi connectivity index (χ1v) is 9.18. The lowest BCUT2D eigenvalue weighted by molar-refractivity contribution is -0.113. The van der Waals surface area contributed by atoms with Crippen molar-refractivity contribution in [3.8, 4) is 11.5 Å². The van der Waals surface area contributed by atoms with Crippen LogP contribution in [0.5, 0.6) is 11.5 Å². The van der Waals surface area contributed by atoms with Gasteiger partial charge in [-0.1, -0.05) is 48.5 Å². The minimum absolute atomic E-state index is 0.195. The Kier molecular flexibility index (Phi) is 5.12. The fraction of sp³-hybridized carbons (Fsp3) is 0.0833. The molecule has 0 aromatic heterocycles. The van der Waals surface area contributed by atoms with Gasteiger partial charge in [-0.3, -0.25) is 9.69 Å². The molecule has 1 aliphatic rings. The maximum atomic E-state index is 13.3. The minimum atomic E-state index is -0.195. The van der Waals surface area contributed by atoms with E-state index in [0.29, 0.717) is 17.3 Å². The number of carbonyl (C=O) groups is 1. The van der Waals surface area contributed by atoms with Crippen molar-refractivity contribution in [2.45, 2.75) is 0 Å². The number of hydrogen-bond donors (Lipinski definition) is 0. The number of rotatable bonds is 5. The maximum absolute atomic E-state index is 13.3. The van der Waals surface area contributed by atoms with Crippen molar-refractivity contribution >= 4 is 23.5 Å². The van der Waals surface area contributed by atoms with E-state index < -0.39 is 0 Å². The number of methoxy groups -OCH3 is 2. The Balaban J connectivity index is 1.81. The van der Waals surface area contributed by atoms with Crippen LogP contribution < -0.4 is 14.4 Å². The Hall–Kier alpha value is -3.86. The molecule has 0 N–H and O–H groups in total. The number of ether oxygens (including phenoxy) is 2. The Morgan fingerprint density at radius 2 is 1.52 bits per heavy atom. The van der Waals surface area contributed by atoms with Crippen molar-refractivity contribution in [3.05, 3.63) is 95.7 Å². The Bertz CT molecular complexity index is 1090. The fourth-order valence-electron chi connectivity index (χ4n) is 3.20. The van der Waals surface area contributed by atoms with Crippen LogP contribution in [0.4, 0.5) is 5.69 Å². The molecule has 5 nitrogen and oxygen atoms in total. The zero-order valence-corrected chi connectivity index (χ0v) is 16.2. The Morgan fingerprint density at radius 1 is 0.828 bits per heavy atom. The number of amidine groups is 1. The smallest absolute Gasteiger partial charge is 0.282 e. The van der Waals surface area contributed by atoms with Gasteiger partial charge in [0.15, 0.2) is 0 Å². The summed E-state index contributed by atoms with van der Waals surface area (Å²) in [5.41, 5.74) is 2.73. The van der Waals surface area contributed by atoms with Crippen LogP contribution >= 0.6 is 0 Å². The zero-order chi connectivity index (χ0) is 20.2. The molecule has 1 heterocycles. The van der Waals surface area contributed by atoms with Gasteiger partial charge >= 0.3 is 0 Å². The van der Waals surface area contributed by atoms with Crippen molar-refractivity contribution in [2.75, 3.05) is 19.1 Å². The highest BCUT2D eigenvalue weighted by Crippen LogP contribution is 2.30. The molecule has 0 saturated carbocycles. The van der Waals surface area contributed by atoms with Crippen LogP contribution in [0.3, 0.4) is 0 Å². The number of hydrogen-bond acceptors (Lipinski definition) is 4. The van der Waals surface area contributed by atoms with E-state index in [-0.39, 0.29) is 5.91 Å². The van der Waals surface area contributed by atoms with Gasteiger partial charge in [0.25, 0.3) is 5.91 Å². The minimum Gasteiger partial charge on any atom is -0.497 e. The summed E-state index contributed by atoms with van der Waals surface area (Å²) in [7, 11) is 3.22. The molecule has 0 aliphatic carbocycles. The topological polar surface area (TPSA) is 51.1 Å². The summed E-state index contributed by atoms with van der Waals surface area (Å²) >= 11 is 0. The summed E-state index contributed by atoms with van der Waals surface area (Å²) in [5.74, 6) is 1.80. The van der Waals surface area contributed by atoms with Crippen molar-refractivity contribution < 1.29 is 14.3 Å². The van der Waals surface area contributed by atoms with Gasteiger partial charge < -0.3 is 9.47 Å². The van der Waals surface area contributed by atoms with E-state index in [2.05, 4.69) is 4.99 Å².